The highest BCUT2D eigenvalue weighted by atomic mass is 19.1. The lowest BCUT2D eigenvalue weighted by atomic mass is 10.1. The van der Waals surface area contributed by atoms with Crippen LogP contribution in [0.5, 0.6) is 0 Å². The van der Waals surface area contributed by atoms with E-state index in [1.54, 1.807) is 13.8 Å². The zero-order chi connectivity index (χ0) is 16.0. The number of halogens is 1. The Balaban J connectivity index is 2.63. The molecule has 1 N–H and O–H groups in total. The van der Waals surface area contributed by atoms with E-state index >= 15 is 0 Å². The molecule has 0 aromatic heterocycles. The molecular weight excluding hydrogens is 277 g/mol. The number of benzene rings is 1. The van der Waals surface area contributed by atoms with Crippen molar-refractivity contribution in [1.29, 1.82) is 0 Å². The quantitative estimate of drug-likeness (QED) is 0.641. The molecule has 0 fully saturated rings. The van der Waals surface area contributed by atoms with E-state index < -0.39 is 35.9 Å². The fourth-order valence-electron chi connectivity index (χ4n) is 1.60. The van der Waals surface area contributed by atoms with Crippen LogP contribution in [0.1, 0.15) is 36.2 Å². The van der Waals surface area contributed by atoms with Crippen molar-refractivity contribution in [2.24, 2.45) is 0 Å². The third-order valence-corrected chi connectivity index (χ3v) is 2.89. The van der Waals surface area contributed by atoms with E-state index in [-0.39, 0.29) is 12.2 Å². The van der Waals surface area contributed by atoms with Crippen molar-refractivity contribution in [3.8, 4) is 0 Å². The standard InChI is InChI=1S/C15H18FNO4/c1-4-21-14(19)8-13(18)10(3)17-15(20)11-6-5-9(2)12(16)7-11/h5-7,10H,4,8H2,1-3H3,(H,17,20). The second-order valence-electron chi connectivity index (χ2n) is 4.61. The molecule has 5 nitrogen and oxygen atoms in total. The molecule has 114 valence electrons. The number of amides is 1. The van der Waals surface area contributed by atoms with Gasteiger partial charge in [-0.15, -0.1) is 0 Å². The molecular formula is C15H18FNO4. The Hall–Kier alpha value is -2.24. The molecule has 0 spiro atoms. The zero-order valence-electron chi connectivity index (χ0n) is 12.2. The number of nitrogens with one attached hydrogen (secondary N) is 1. The van der Waals surface area contributed by atoms with Crippen LogP contribution in [0.25, 0.3) is 0 Å². The van der Waals surface area contributed by atoms with Gasteiger partial charge in [-0.1, -0.05) is 6.07 Å². The van der Waals surface area contributed by atoms with E-state index in [1.807, 2.05) is 0 Å². The Morgan fingerprint density at radius 1 is 1.33 bits per heavy atom. The highest BCUT2D eigenvalue weighted by molar-refractivity contribution is 6.02. The van der Waals surface area contributed by atoms with Gasteiger partial charge in [0.25, 0.3) is 5.91 Å². The smallest absolute Gasteiger partial charge is 0.313 e. The summed E-state index contributed by atoms with van der Waals surface area (Å²) in [5.41, 5.74) is 0.548. The van der Waals surface area contributed by atoms with Gasteiger partial charge in [-0.2, -0.15) is 0 Å². The molecule has 1 amide bonds. The Labute approximate surface area is 122 Å². The largest absolute Gasteiger partial charge is 0.466 e. The molecule has 1 atom stereocenters. The second-order valence-corrected chi connectivity index (χ2v) is 4.61. The zero-order valence-corrected chi connectivity index (χ0v) is 12.2. The molecule has 0 aliphatic carbocycles. The molecule has 1 aromatic rings. The monoisotopic (exact) mass is 295 g/mol. The van der Waals surface area contributed by atoms with Gasteiger partial charge in [-0.05, 0) is 38.5 Å². The maximum atomic E-state index is 13.4. The molecule has 1 aromatic carbocycles. The van der Waals surface area contributed by atoms with Gasteiger partial charge in [0.2, 0.25) is 0 Å². The summed E-state index contributed by atoms with van der Waals surface area (Å²) < 4.78 is 18.0. The minimum atomic E-state index is -0.855. The van der Waals surface area contributed by atoms with E-state index in [4.69, 9.17) is 0 Å². The van der Waals surface area contributed by atoms with Gasteiger partial charge < -0.3 is 10.1 Å². The van der Waals surface area contributed by atoms with Crippen molar-refractivity contribution in [1.82, 2.24) is 5.32 Å². The summed E-state index contributed by atoms with van der Waals surface area (Å²) in [7, 11) is 0. The summed E-state index contributed by atoms with van der Waals surface area (Å²) in [6.45, 7) is 4.88. The maximum absolute atomic E-state index is 13.4. The van der Waals surface area contributed by atoms with Crippen LogP contribution in [0.3, 0.4) is 0 Å². The van der Waals surface area contributed by atoms with Crippen molar-refractivity contribution in [3.05, 3.63) is 35.1 Å². The minimum absolute atomic E-state index is 0.119. The molecule has 0 aliphatic rings. The maximum Gasteiger partial charge on any atom is 0.313 e. The molecule has 6 heteroatoms. The van der Waals surface area contributed by atoms with Crippen molar-refractivity contribution in [2.45, 2.75) is 33.2 Å². The number of aryl methyl sites for hydroxylation is 1. The number of hydrogen-bond acceptors (Lipinski definition) is 4. The molecule has 21 heavy (non-hydrogen) atoms. The first kappa shape index (κ1) is 16.8. The molecule has 0 saturated carbocycles. The molecule has 0 saturated heterocycles. The lowest BCUT2D eigenvalue weighted by Gasteiger charge is -2.13. The van der Waals surface area contributed by atoms with E-state index in [1.165, 1.54) is 19.1 Å². The van der Waals surface area contributed by atoms with Crippen LogP contribution >= 0.6 is 0 Å². The lowest BCUT2D eigenvalue weighted by molar-refractivity contribution is -0.145. The topological polar surface area (TPSA) is 72.5 Å². The number of Topliss-reactive ketones (excluding diaryl/α,β-unsaturated/α-hetero) is 1. The Morgan fingerprint density at radius 2 is 2.00 bits per heavy atom. The first-order valence-electron chi connectivity index (χ1n) is 6.60. The summed E-state index contributed by atoms with van der Waals surface area (Å²) in [6, 6.07) is 3.20. The number of ether oxygens (including phenoxy) is 1. The summed E-state index contributed by atoms with van der Waals surface area (Å²) in [4.78, 5) is 34.8. The predicted molar refractivity (Wildman–Crippen MR) is 74.3 cm³/mol. The van der Waals surface area contributed by atoms with Gasteiger partial charge in [-0.3, -0.25) is 14.4 Å². The second kappa shape index (κ2) is 7.52. The Kier molecular flexibility index (Phi) is 6.02. The number of rotatable bonds is 6. The van der Waals surface area contributed by atoms with Crippen LogP contribution in [0.4, 0.5) is 4.39 Å². The molecule has 0 radical (unpaired) electrons. The van der Waals surface area contributed by atoms with Crippen LogP contribution in [0.2, 0.25) is 0 Å². The van der Waals surface area contributed by atoms with Crippen LogP contribution in [-0.4, -0.2) is 30.3 Å². The normalized spacial score (nSPS) is 11.6. The van der Waals surface area contributed by atoms with E-state index in [2.05, 4.69) is 10.1 Å². The number of ketones is 1. The van der Waals surface area contributed by atoms with Gasteiger partial charge in [-0.25, -0.2) is 4.39 Å². The Bertz CT molecular complexity index is 557. The number of carbonyl (C=O) groups is 3. The van der Waals surface area contributed by atoms with Gasteiger partial charge in [0, 0.05) is 5.56 Å². The lowest BCUT2D eigenvalue weighted by Crippen LogP contribution is -2.39. The van der Waals surface area contributed by atoms with E-state index in [0.29, 0.717) is 5.56 Å². The molecule has 0 aliphatic heterocycles. The predicted octanol–water partition coefficient (Wildman–Crippen LogP) is 1.77. The van der Waals surface area contributed by atoms with Gasteiger partial charge in [0.1, 0.15) is 12.2 Å². The first-order chi connectivity index (χ1) is 9.85. The first-order valence-corrected chi connectivity index (χ1v) is 6.60. The highest BCUT2D eigenvalue weighted by Crippen LogP contribution is 2.09. The fourth-order valence-corrected chi connectivity index (χ4v) is 1.60. The number of carbonyl (C=O) groups excluding carboxylic acids is 3. The summed E-state index contributed by atoms with van der Waals surface area (Å²) in [5.74, 6) is -2.16. The summed E-state index contributed by atoms with van der Waals surface area (Å²) >= 11 is 0. The average Bonchev–Trinajstić information content (AvgIpc) is 2.41. The third kappa shape index (κ3) is 4.98. The summed E-state index contributed by atoms with van der Waals surface area (Å²) in [5, 5.41) is 2.43. The van der Waals surface area contributed by atoms with Crippen LogP contribution in [0, 0.1) is 12.7 Å². The van der Waals surface area contributed by atoms with E-state index in [9.17, 15) is 18.8 Å². The van der Waals surface area contributed by atoms with Crippen LogP contribution in [0.15, 0.2) is 18.2 Å². The van der Waals surface area contributed by atoms with Crippen molar-refractivity contribution < 1.29 is 23.5 Å². The van der Waals surface area contributed by atoms with Crippen molar-refractivity contribution in [2.75, 3.05) is 6.61 Å². The third-order valence-electron chi connectivity index (χ3n) is 2.89. The average molecular weight is 295 g/mol. The molecule has 0 bridgehead atoms. The fraction of sp³-hybridized carbons (Fsp3) is 0.400. The molecule has 1 unspecified atom stereocenters. The van der Waals surface area contributed by atoms with Crippen molar-refractivity contribution in [3.63, 3.8) is 0 Å². The van der Waals surface area contributed by atoms with Crippen LogP contribution < -0.4 is 5.32 Å². The SMILES string of the molecule is CCOC(=O)CC(=O)C(C)NC(=O)c1ccc(C)c(F)c1. The molecule has 0 heterocycles. The highest BCUT2D eigenvalue weighted by Gasteiger charge is 2.20. The Morgan fingerprint density at radius 3 is 2.57 bits per heavy atom. The molecule has 1 rings (SSSR count). The van der Waals surface area contributed by atoms with Gasteiger partial charge >= 0.3 is 5.97 Å². The van der Waals surface area contributed by atoms with Crippen molar-refractivity contribution >= 4 is 17.7 Å². The number of esters is 1. The number of hydrogen-bond donors (Lipinski definition) is 1. The minimum Gasteiger partial charge on any atom is -0.466 e. The van der Waals surface area contributed by atoms with E-state index in [0.717, 1.165) is 6.07 Å². The van der Waals surface area contributed by atoms with Gasteiger partial charge in [0.05, 0.1) is 12.6 Å². The van der Waals surface area contributed by atoms with Gasteiger partial charge in [0.15, 0.2) is 5.78 Å². The van der Waals surface area contributed by atoms with Crippen LogP contribution in [-0.2, 0) is 14.3 Å². The summed E-state index contributed by atoms with van der Waals surface area (Å²) in [6.07, 6.45) is -0.405.